The van der Waals surface area contributed by atoms with Crippen LogP contribution in [0.25, 0.3) is 0 Å². The van der Waals surface area contributed by atoms with E-state index >= 15 is 0 Å². The molecular weight excluding hydrogens is 260 g/mol. The first kappa shape index (κ1) is 18.0. The zero-order valence-electron chi connectivity index (χ0n) is 13.4. The zero-order valence-corrected chi connectivity index (χ0v) is 15.2. The van der Waals surface area contributed by atoms with Gasteiger partial charge in [0.25, 0.3) is 0 Å². The second-order valence-corrected chi connectivity index (χ2v) is 13.3. The fourth-order valence-electron chi connectivity index (χ4n) is 2.27. The van der Waals surface area contributed by atoms with Gasteiger partial charge in [-0.05, 0) is 10.8 Å². The molecule has 3 heteroatoms. The third kappa shape index (κ3) is 4.01. The lowest BCUT2D eigenvalue weighted by atomic mass is 9.61. The Balaban J connectivity index is 5.58. The van der Waals surface area contributed by atoms with Gasteiger partial charge in [0.2, 0.25) is 0 Å². The highest BCUT2D eigenvalue weighted by molar-refractivity contribution is 6.83. The quantitative estimate of drug-likeness (QED) is 0.433. The normalized spacial score (nSPS) is 15.9. The Kier molecular flexibility index (Phi) is 5.20. The topological polar surface area (TPSA) is 20.2 Å². The molecule has 0 aromatic heterocycles. The van der Waals surface area contributed by atoms with Crippen molar-refractivity contribution in [1.82, 2.24) is 0 Å². The first-order valence-electron chi connectivity index (χ1n) is 6.52. The monoisotopic (exact) mass is 288 g/mol. The average Bonchev–Trinajstić information content (AvgIpc) is 2.07. The van der Waals surface area contributed by atoms with Crippen LogP contribution in [0.15, 0.2) is 0 Å². The molecular formula is C15H29ClOSi. The van der Waals surface area contributed by atoms with Crippen LogP contribution in [0.5, 0.6) is 0 Å². The van der Waals surface area contributed by atoms with Crippen molar-refractivity contribution in [2.75, 3.05) is 0 Å². The molecule has 106 valence electrons. The van der Waals surface area contributed by atoms with E-state index in [9.17, 15) is 5.11 Å². The first-order chi connectivity index (χ1) is 7.63. The minimum Gasteiger partial charge on any atom is -0.386 e. The Hall–Kier alpha value is 0.0269. The van der Waals surface area contributed by atoms with Gasteiger partial charge in [-0.3, -0.25) is 0 Å². The highest BCUT2D eigenvalue weighted by atomic mass is 35.5. The molecule has 0 heterocycles. The summed E-state index contributed by atoms with van der Waals surface area (Å²) in [5, 5.41) is 10.6. The molecule has 0 saturated heterocycles. The van der Waals surface area contributed by atoms with Gasteiger partial charge >= 0.3 is 0 Å². The van der Waals surface area contributed by atoms with E-state index in [2.05, 4.69) is 31.1 Å². The van der Waals surface area contributed by atoms with Crippen LogP contribution in [0.1, 0.15) is 41.5 Å². The summed E-state index contributed by atoms with van der Waals surface area (Å²) >= 11 is 6.46. The second kappa shape index (κ2) is 5.19. The van der Waals surface area contributed by atoms with E-state index in [0.717, 1.165) is 0 Å². The van der Waals surface area contributed by atoms with Gasteiger partial charge in [0.05, 0.1) is 0 Å². The lowest BCUT2D eigenvalue weighted by molar-refractivity contribution is -0.129. The molecule has 0 aromatic carbocycles. The molecule has 1 unspecified atom stereocenters. The van der Waals surface area contributed by atoms with E-state index in [1.165, 1.54) is 0 Å². The lowest BCUT2D eigenvalue weighted by Gasteiger charge is -2.50. The van der Waals surface area contributed by atoms with Crippen molar-refractivity contribution < 1.29 is 5.11 Å². The van der Waals surface area contributed by atoms with Crippen molar-refractivity contribution >= 4 is 19.7 Å². The first-order valence-corrected chi connectivity index (χ1v) is 10.5. The zero-order chi connectivity index (χ0) is 15.0. The van der Waals surface area contributed by atoms with Gasteiger partial charge in [0, 0.05) is 0 Å². The lowest BCUT2D eigenvalue weighted by Crippen LogP contribution is -2.59. The van der Waals surface area contributed by atoms with Gasteiger partial charge < -0.3 is 5.11 Å². The molecule has 0 fully saturated rings. The van der Waals surface area contributed by atoms with Crippen LogP contribution >= 0.6 is 11.6 Å². The molecule has 1 N–H and O–H groups in total. The minimum atomic E-state index is -1.47. The maximum Gasteiger partial charge on any atom is 0.129 e. The van der Waals surface area contributed by atoms with Crippen molar-refractivity contribution in [3.63, 3.8) is 0 Å². The van der Waals surface area contributed by atoms with Crippen molar-refractivity contribution in [1.29, 1.82) is 0 Å². The van der Waals surface area contributed by atoms with E-state index in [0.29, 0.717) is 0 Å². The minimum absolute atomic E-state index is 0.328. The Morgan fingerprint density at radius 3 is 1.50 bits per heavy atom. The molecule has 0 saturated carbocycles. The molecule has 0 spiro atoms. The molecule has 18 heavy (non-hydrogen) atoms. The second-order valence-electron chi connectivity index (χ2n) is 8.15. The van der Waals surface area contributed by atoms with Crippen molar-refractivity contribution in [3.05, 3.63) is 0 Å². The fraction of sp³-hybridized carbons (Fsp3) is 0.867. The van der Waals surface area contributed by atoms with Crippen molar-refractivity contribution in [3.8, 4) is 11.5 Å². The summed E-state index contributed by atoms with van der Waals surface area (Å²) < 4.78 is 0. The smallest absolute Gasteiger partial charge is 0.129 e. The molecule has 0 rings (SSSR count). The number of hydrogen-bond donors (Lipinski definition) is 1. The fourth-order valence-corrected chi connectivity index (χ4v) is 3.65. The molecule has 0 aliphatic carbocycles. The molecule has 0 aliphatic rings. The van der Waals surface area contributed by atoms with E-state index in [1.807, 2.05) is 41.5 Å². The Morgan fingerprint density at radius 2 is 1.28 bits per heavy atom. The summed E-state index contributed by atoms with van der Waals surface area (Å²) in [6.45, 7) is 18.6. The summed E-state index contributed by atoms with van der Waals surface area (Å²) in [5.74, 6) is 3.10. The molecule has 0 aliphatic heterocycles. The maximum absolute atomic E-state index is 11.1. The standard InChI is InChI=1S/C15H29ClOSi/c1-13(2,3)15(17,14(4,5)6)12(16)10-11-18(7,8)9/h12,17H,1-9H3. The predicted octanol–water partition coefficient (Wildman–Crippen LogP) is 4.30. The van der Waals surface area contributed by atoms with Crippen LogP contribution in [-0.2, 0) is 0 Å². The Morgan fingerprint density at radius 1 is 0.944 bits per heavy atom. The summed E-state index contributed by atoms with van der Waals surface area (Å²) in [5.41, 5.74) is 1.58. The van der Waals surface area contributed by atoms with Gasteiger partial charge in [-0.15, -0.1) is 17.1 Å². The number of alkyl halides is 1. The number of rotatable bonds is 1. The third-order valence-corrected chi connectivity index (χ3v) is 4.55. The molecule has 1 nitrogen and oxygen atoms in total. The summed E-state index contributed by atoms with van der Waals surface area (Å²) in [6, 6.07) is 0. The summed E-state index contributed by atoms with van der Waals surface area (Å²) in [4.78, 5) is 0. The summed E-state index contributed by atoms with van der Waals surface area (Å²) in [7, 11) is -1.47. The average molecular weight is 289 g/mol. The van der Waals surface area contributed by atoms with E-state index < -0.39 is 19.1 Å². The van der Waals surface area contributed by atoms with Crippen LogP contribution in [0, 0.1) is 22.3 Å². The molecule has 0 amide bonds. The summed E-state index contributed by atoms with van der Waals surface area (Å²) in [6.07, 6.45) is 0. The van der Waals surface area contributed by atoms with E-state index in [1.54, 1.807) is 0 Å². The van der Waals surface area contributed by atoms with E-state index in [4.69, 9.17) is 11.6 Å². The predicted molar refractivity (Wildman–Crippen MR) is 84.6 cm³/mol. The maximum atomic E-state index is 11.1. The SMILES string of the molecule is CC(C)(C)C(O)(C(Cl)C#C[Si](C)(C)C)C(C)(C)C. The van der Waals surface area contributed by atoms with Crippen molar-refractivity contribution in [2.45, 2.75) is 72.2 Å². The van der Waals surface area contributed by atoms with Crippen LogP contribution in [0.3, 0.4) is 0 Å². The number of aliphatic hydroxyl groups is 1. The molecule has 0 aromatic rings. The van der Waals surface area contributed by atoms with Gasteiger partial charge in [-0.2, -0.15) is 0 Å². The number of hydrogen-bond acceptors (Lipinski definition) is 1. The van der Waals surface area contributed by atoms with Gasteiger partial charge in [0.15, 0.2) is 0 Å². The van der Waals surface area contributed by atoms with E-state index in [-0.39, 0.29) is 10.8 Å². The largest absolute Gasteiger partial charge is 0.386 e. The molecule has 0 bridgehead atoms. The highest BCUT2D eigenvalue weighted by Crippen LogP contribution is 2.47. The van der Waals surface area contributed by atoms with Crippen LogP contribution in [0.4, 0.5) is 0 Å². The van der Waals surface area contributed by atoms with Crippen LogP contribution in [-0.4, -0.2) is 24.2 Å². The Bertz CT molecular complexity index is 330. The number of halogens is 1. The molecule has 0 radical (unpaired) electrons. The Labute approximate surface area is 119 Å². The van der Waals surface area contributed by atoms with Gasteiger partial charge in [-0.25, -0.2) is 0 Å². The highest BCUT2D eigenvalue weighted by Gasteiger charge is 2.53. The van der Waals surface area contributed by atoms with Gasteiger partial charge in [0.1, 0.15) is 19.1 Å². The van der Waals surface area contributed by atoms with Crippen molar-refractivity contribution in [2.24, 2.45) is 10.8 Å². The third-order valence-electron chi connectivity index (χ3n) is 3.23. The van der Waals surface area contributed by atoms with Gasteiger partial charge in [-0.1, -0.05) is 67.1 Å². The molecule has 1 atom stereocenters. The van der Waals surface area contributed by atoms with Crippen LogP contribution in [0.2, 0.25) is 19.6 Å². The van der Waals surface area contributed by atoms with Crippen LogP contribution < -0.4 is 0 Å².